The predicted molar refractivity (Wildman–Crippen MR) is 68.8 cm³/mol. The van der Waals surface area contributed by atoms with Gasteiger partial charge in [0.15, 0.2) is 0 Å². The Morgan fingerprint density at radius 3 is 2.38 bits per heavy atom. The van der Waals surface area contributed by atoms with Crippen LogP contribution in [0.25, 0.3) is 0 Å². The van der Waals surface area contributed by atoms with Crippen LogP contribution in [0, 0.1) is 0 Å². The third kappa shape index (κ3) is 8.08. The third-order valence-corrected chi connectivity index (χ3v) is 3.15. The lowest BCUT2D eigenvalue weighted by Crippen LogP contribution is -2.36. The standard InChI is InChI=1S/C13H29NO2/c1-4-13(2)14(10-12-16-3)9-7-5-6-8-11-15/h13,15H,4-12H2,1-3H3. The first-order valence-electron chi connectivity index (χ1n) is 6.60. The van der Waals surface area contributed by atoms with Crippen LogP contribution in [0.1, 0.15) is 46.0 Å². The Morgan fingerprint density at radius 1 is 1.12 bits per heavy atom. The molecule has 0 spiro atoms. The highest BCUT2D eigenvalue weighted by Gasteiger charge is 2.10. The number of unbranched alkanes of at least 4 members (excludes halogenated alkanes) is 3. The molecular weight excluding hydrogens is 202 g/mol. The van der Waals surface area contributed by atoms with Gasteiger partial charge in [-0.15, -0.1) is 0 Å². The number of aliphatic hydroxyl groups is 1. The van der Waals surface area contributed by atoms with E-state index in [1.807, 2.05) is 0 Å². The molecule has 0 aromatic rings. The van der Waals surface area contributed by atoms with E-state index in [0.29, 0.717) is 12.6 Å². The first-order valence-corrected chi connectivity index (χ1v) is 6.60. The van der Waals surface area contributed by atoms with Gasteiger partial charge in [0.2, 0.25) is 0 Å². The molecule has 0 saturated heterocycles. The quantitative estimate of drug-likeness (QED) is 0.554. The number of hydrogen-bond acceptors (Lipinski definition) is 3. The molecule has 0 aliphatic heterocycles. The molecule has 0 aromatic carbocycles. The summed E-state index contributed by atoms with van der Waals surface area (Å²) in [4.78, 5) is 2.50. The third-order valence-electron chi connectivity index (χ3n) is 3.15. The van der Waals surface area contributed by atoms with Crippen molar-refractivity contribution in [3.63, 3.8) is 0 Å². The van der Waals surface area contributed by atoms with Crippen LogP contribution >= 0.6 is 0 Å². The van der Waals surface area contributed by atoms with E-state index in [0.717, 1.165) is 32.5 Å². The summed E-state index contributed by atoms with van der Waals surface area (Å²) in [6.07, 6.45) is 5.74. The zero-order valence-corrected chi connectivity index (χ0v) is 11.2. The molecule has 98 valence electrons. The van der Waals surface area contributed by atoms with Crippen LogP contribution in [0.5, 0.6) is 0 Å². The van der Waals surface area contributed by atoms with Gasteiger partial charge in [-0.3, -0.25) is 4.90 Å². The molecule has 0 saturated carbocycles. The van der Waals surface area contributed by atoms with Crippen molar-refractivity contribution in [1.29, 1.82) is 0 Å². The van der Waals surface area contributed by atoms with Crippen LogP contribution in [0.2, 0.25) is 0 Å². The molecule has 0 fully saturated rings. The normalized spacial score (nSPS) is 13.3. The van der Waals surface area contributed by atoms with Crippen LogP contribution in [0.4, 0.5) is 0 Å². The lowest BCUT2D eigenvalue weighted by atomic mass is 10.1. The average molecular weight is 231 g/mol. The van der Waals surface area contributed by atoms with Gasteiger partial charge < -0.3 is 9.84 Å². The number of ether oxygens (including phenoxy) is 1. The summed E-state index contributed by atoms with van der Waals surface area (Å²) >= 11 is 0. The van der Waals surface area contributed by atoms with E-state index < -0.39 is 0 Å². The molecule has 0 bridgehead atoms. The zero-order valence-electron chi connectivity index (χ0n) is 11.2. The second-order valence-corrected chi connectivity index (χ2v) is 4.42. The monoisotopic (exact) mass is 231 g/mol. The highest BCUT2D eigenvalue weighted by Crippen LogP contribution is 2.07. The van der Waals surface area contributed by atoms with E-state index in [2.05, 4.69) is 18.7 Å². The number of rotatable bonds is 11. The van der Waals surface area contributed by atoms with Crippen molar-refractivity contribution >= 4 is 0 Å². The second kappa shape index (κ2) is 11.4. The van der Waals surface area contributed by atoms with E-state index in [1.165, 1.54) is 19.3 Å². The topological polar surface area (TPSA) is 32.7 Å². The fraction of sp³-hybridized carbons (Fsp3) is 1.00. The lowest BCUT2D eigenvalue weighted by Gasteiger charge is -2.28. The van der Waals surface area contributed by atoms with Crippen molar-refractivity contribution in [3.05, 3.63) is 0 Å². The van der Waals surface area contributed by atoms with Crippen molar-refractivity contribution in [3.8, 4) is 0 Å². The van der Waals surface area contributed by atoms with Crippen LogP contribution < -0.4 is 0 Å². The minimum absolute atomic E-state index is 0.332. The first-order chi connectivity index (χ1) is 7.76. The van der Waals surface area contributed by atoms with E-state index in [4.69, 9.17) is 9.84 Å². The van der Waals surface area contributed by atoms with Gasteiger partial charge in [0.1, 0.15) is 0 Å². The Kier molecular flexibility index (Phi) is 11.3. The molecular formula is C13H29NO2. The van der Waals surface area contributed by atoms with Crippen LogP contribution in [-0.2, 0) is 4.74 Å². The van der Waals surface area contributed by atoms with Crippen LogP contribution in [-0.4, -0.2) is 49.5 Å². The Morgan fingerprint density at radius 2 is 1.81 bits per heavy atom. The summed E-state index contributed by atoms with van der Waals surface area (Å²) in [6.45, 7) is 7.86. The van der Waals surface area contributed by atoms with Gasteiger partial charge in [-0.05, 0) is 32.7 Å². The molecule has 0 radical (unpaired) electrons. The smallest absolute Gasteiger partial charge is 0.0589 e. The van der Waals surface area contributed by atoms with Gasteiger partial charge in [-0.25, -0.2) is 0 Å². The van der Waals surface area contributed by atoms with Crippen LogP contribution in [0.15, 0.2) is 0 Å². The van der Waals surface area contributed by atoms with E-state index >= 15 is 0 Å². The Hall–Kier alpha value is -0.120. The maximum atomic E-state index is 8.69. The number of nitrogens with zero attached hydrogens (tertiary/aromatic N) is 1. The molecule has 16 heavy (non-hydrogen) atoms. The zero-order chi connectivity index (χ0) is 12.2. The highest BCUT2D eigenvalue weighted by molar-refractivity contribution is 4.65. The summed E-state index contributed by atoms with van der Waals surface area (Å²) < 4.78 is 5.14. The molecule has 0 aliphatic rings. The number of hydrogen-bond donors (Lipinski definition) is 1. The van der Waals surface area contributed by atoms with E-state index in [1.54, 1.807) is 7.11 Å². The Bertz CT molecular complexity index is 142. The fourth-order valence-corrected chi connectivity index (χ4v) is 1.80. The lowest BCUT2D eigenvalue weighted by molar-refractivity contribution is 0.121. The van der Waals surface area contributed by atoms with Crippen molar-refractivity contribution in [2.24, 2.45) is 0 Å². The van der Waals surface area contributed by atoms with Gasteiger partial charge in [-0.1, -0.05) is 19.8 Å². The Labute approximate surface area is 101 Å². The van der Waals surface area contributed by atoms with E-state index in [-0.39, 0.29) is 0 Å². The molecule has 3 heteroatoms. The number of methoxy groups -OCH3 is 1. The Balaban J connectivity index is 3.65. The molecule has 0 amide bonds. The van der Waals surface area contributed by atoms with Gasteiger partial charge >= 0.3 is 0 Å². The van der Waals surface area contributed by atoms with Crippen molar-refractivity contribution in [2.75, 3.05) is 33.4 Å². The summed E-state index contributed by atoms with van der Waals surface area (Å²) in [5, 5.41) is 8.69. The average Bonchev–Trinajstić information content (AvgIpc) is 2.31. The molecule has 1 unspecified atom stereocenters. The molecule has 0 heterocycles. The van der Waals surface area contributed by atoms with E-state index in [9.17, 15) is 0 Å². The maximum absolute atomic E-state index is 8.69. The minimum atomic E-state index is 0.332. The highest BCUT2D eigenvalue weighted by atomic mass is 16.5. The van der Waals surface area contributed by atoms with Crippen molar-refractivity contribution < 1.29 is 9.84 Å². The molecule has 1 N–H and O–H groups in total. The summed E-state index contributed by atoms with van der Waals surface area (Å²) in [5.41, 5.74) is 0. The van der Waals surface area contributed by atoms with Gasteiger partial charge in [0.25, 0.3) is 0 Å². The molecule has 1 atom stereocenters. The largest absolute Gasteiger partial charge is 0.396 e. The summed E-state index contributed by atoms with van der Waals surface area (Å²) in [5.74, 6) is 0. The second-order valence-electron chi connectivity index (χ2n) is 4.42. The fourth-order valence-electron chi connectivity index (χ4n) is 1.80. The minimum Gasteiger partial charge on any atom is -0.396 e. The first kappa shape index (κ1) is 15.9. The molecule has 0 aliphatic carbocycles. The van der Waals surface area contributed by atoms with Gasteiger partial charge in [-0.2, -0.15) is 0 Å². The molecule has 0 rings (SSSR count). The SMILES string of the molecule is CCC(C)N(CCCCCCO)CCOC. The van der Waals surface area contributed by atoms with Crippen molar-refractivity contribution in [2.45, 2.75) is 52.0 Å². The van der Waals surface area contributed by atoms with Crippen molar-refractivity contribution in [1.82, 2.24) is 4.90 Å². The van der Waals surface area contributed by atoms with Gasteiger partial charge in [0.05, 0.1) is 6.61 Å². The molecule has 0 aromatic heterocycles. The van der Waals surface area contributed by atoms with Crippen LogP contribution in [0.3, 0.4) is 0 Å². The predicted octanol–water partition coefficient (Wildman–Crippen LogP) is 2.29. The number of aliphatic hydroxyl groups excluding tert-OH is 1. The maximum Gasteiger partial charge on any atom is 0.0589 e. The molecule has 3 nitrogen and oxygen atoms in total. The summed E-state index contributed by atoms with van der Waals surface area (Å²) in [6, 6.07) is 0.646. The summed E-state index contributed by atoms with van der Waals surface area (Å²) in [7, 11) is 1.76. The van der Waals surface area contributed by atoms with Gasteiger partial charge in [0, 0.05) is 26.3 Å².